The van der Waals surface area contributed by atoms with Crippen molar-refractivity contribution in [3.8, 4) is 11.5 Å². The molecule has 29 heavy (non-hydrogen) atoms. The molecule has 0 spiro atoms. The van der Waals surface area contributed by atoms with Gasteiger partial charge >= 0.3 is 0 Å². The monoisotopic (exact) mass is 437 g/mol. The van der Waals surface area contributed by atoms with E-state index < -0.39 is 16.1 Å². The zero-order valence-corrected chi connectivity index (χ0v) is 17.1. The first kappa shape index (κ1) is 20.0. The summed E-state index contributed by atoms with van der Waals surface area (Å²) in [5, 5.41) is 3.31. The average Bonchev–Trinajstić information content (AvgIpc) is 2.97. The molecule has 4 rings (SSSR count). The number of nitrogens with zero attached hydrogens (tertiary/aromatic N) is 2. The Labute approximate surface area is 174 Å². The van der Waals surface area contributed by atoms with E-state index in [1.54, 1.807) is 42.5 Å². The SMILES string of the molecule is O=C(CN1CCN(Cc2ccc(Cl)cc2)S1(=O)=O)Nc1ccc2c(c1)OCCO2. The molecule has 8 nitrogen and oxygen atoms in total. The second kappa shape index (κ2) is 8.19. The highest BCUT2D eigenvalue weighted by Crippen LogP contribution is 2.32. The molecular weight excluding hydrogens is 418 g/mol. The Hall–Kier alpha value is -2.33. The van der Waals surface area contributed by atoms with Crippen LogP contribution in [0.15, 0.2) is 42.5 Å². The lowest BCUT2D eigenvalue weighted by atomic mass is 10.2. The summed E-state index contributed by atoms with van der Waals surface area (Å²) in [6, 6.07) is 12.1. The van der Waals surface area contributed by atoms with Gasteiger partial charge < -0.3 is 14.8 Å². The highest BCUT2D eigenvalue weighted by molar-refractivity contribution is 7.87. The predicted octanol–water partition coefficient (Wildman–Crippen LogP) is 2.11. The number of nitrogens with one attached hydrogen (secondary N) is 1. The minimum absolute atomic E-state index is 0.236. The number of ether oxygens (including phenoxy) is 2. The second-order valence-electron chi connectivity index (χ2n) is 6.71. The van der Waals surface area contributed by atoms with Gasteiger partial charge in [-0.15, -0.1) is 0 Å². The van der Waals surface area contributed by atoms with Crippen molar-refractivity contribution >= 4 is 33.4 Å². The first-order chi connectivity index (χ1) is 13.9. The number of benzene rings is 2. The van der Waals surface area contributed by atoms with Crippen LogP contribution in [0, 0.1) is 0 Å². The van der Waals surface area contributed by atoms with Gasteiger partial charge in [-0.05, 0) is 29.8 Å². The smallest absolute Gasteiger partial charge is 0.282 e. The zero-order valence-electron chi connectivity index (χ0n) is 15.5. The van der Waals surface area contributed by atoms with Gasteiger partial charge in [-0.25, -0.2) is 0 Å². The van der Waals surface area contributed by atoms with Gasteiger partial charge in [0.1, 0.15) is 13.2 Å². The first-order valence-corrected chi connectivity index (χ1v) is 10.9. The van der Waals surface area contributed by atoms with Crippen LogP contribution in [-0.2, 0) is 21.5 Å². The Morgan fingerprint density at radius 1 is 1.00 bits per heavy atom. The van der Waals surface area contributed by atoms with Crippen molar-refractivity contribution in [2.45, 2.75) is 6.54 Å². The summed E-state index contributed by atoms with van der Waals surface area (Å²) in [6.07, 6.45) is 0. The Morgan fingerprint density at radius 3 is 2.45 bits per heavy atom. The Balaban J connectivity index is 1.37. The molecule has 0 aromatic heterocycles. The predicted molar refractivity (Wildman–Crippen MR) is 108 cm³/mol. The number of hydrogen-bond acceptors (Lipinski definition) is 5. The molecule has 1 N–H and O–H groups in total. The normalized spacial score (nSPS) is 18.5. The van der Waals surface area contributed by atoms with E-state index in [9.17, 15) is 13.2 Å². The maximum atomic E-state index is 12.8. The van der Waals surface area contributed by atoms with Gasteiger partial charge in [0, 0.05) is 36.4 Å². The van der Waals surface area contributed by atoms with Crippen LogP contribution in [0.2, 0.25) is 5.02 Å². The van der Waals surface area contributed by atoms with Gasteiger partial charge in [-0.2, -0.15) is 17.0 Å². The molecule has 1 saturated heterocycles. The van der Waals surface area contributed by atoms with Crippen LogP contribution < -0.4 is 14.8 Å². The van der Waals surface area contributed by atoms with E-state index in [2.05, 4.69) is 5.32 Å². The van der Waals surface area contributed by atoms with Gasteiger partial charge in [0.05, 0.1) is 6.54 Å². The largest absolute Gasteiger partial charge is 0.486 e. The highest BCUT2D eigenvalue weighted by Gasteiger charge is 2.37. The van der Waals surface area contributed by atoms with Crippen LogP contribution in [0.1, 0.15) is 5.56 Å². The third-order valence-corrected chi connectivity index (χ3v) is 6.85. The maximum absolute atomic E-state index is 12.8. The van der Waals surface area contributed by atoms with Crippen LogP contribution >= 0.6 is 11.6 Å². The summed E-state index contributed by atoms with van der Waals surface area (Å²) in [5.74, 6) is 0.754. The van der Waals surface area contributed by atoms with Crippen LogP contribution in [0.4, 0.5) is 5.69 Å². The third-order valence-electron chi connectivity index (χ3n) is 4.67. The van der Waals surface area contributed by atoms with E-state index in [0.717, 1.165) is 5.56 Å². The number of rotatable bonds is 5. The minimum atomic E-state index is -3.71. The summed E-state index contributed by atoms with van der Waals surface area (Å²) in [4.78, 5) is 12.4. The fourth-order valence-electron chi connectivity index (χ4n) is 3.21. The number of carbonyl (C=O) groups excluding carboxylic acids is 1. The molecule has 10 heteroatoms. The summed E-state index contributed by atoms with van der Waals surface area (Å²) in [7, 11) is -3.71. The van der Waals surface area contributed by atoms with Crippen molar-refractivity contribution in [3.05, 3.63) is 53.1 Å². The lowest BCUT2D eigenvalue weighted by Crippen LogP contribution is -2.37. The molecule has 0 aliphatic carbocycles. The van der Waals surface area contributed by atoms with Crippen molar-refractivity contribution in [1.29, 1.82) is 0 Å². The van der Waals surface area contributed by atoms with Crippen LogP contribution in [0.25, 0.3) is 0 Å². The molecule has 2 aromatic carbocycles. The van der Waals surface area contributed by atoms with Crippen LogP contribution in [-0.4, -0.2) is 55.8 Å². The van der Waals surface area contributed by atoms with Crippen molar-refractivity contribution in [2.24, 2.45) is 0 Å². The van der Waals surface area contributed by atoms with Crippen molar-refractivity contribution < 1.29 is 22.7 Å². The number of anilines is 1. The fourth-order valence-corrected chi connectivity index (χ4v) is 4.88. The molecule has 0 unspecified atom stereocenters. The van der Waals surface area contributed by atoms with Gasteiger partial charge in [-0.1, -0.05) is 23.7 Å². The number of amides is 1. The molecule has 0 radical (unpaired) electrons. The van der Waals surface area contributed by atoms with Gasteiger partial charge in [0.25, 0.3) is 10.2 Å². The zero-order chi connectivity index (χ0) is 20.4. The van der Waals surface area contributed by atoms with E-state index in [0.29, 0.717) is 42.0 Å². The molecule has 1 fully saturated rings. The van der Waals surface area contributed by atoms with E-state index >= 15 is 0 Å². The van der Waals surface area contributed by atoms with Crippen molar-refractivity contribution in [2.75, 3.05) is 38.2 Å². The molecular formula is C19H20ClN3O5S. The van der Waals surface area contributed by atoms with Gasteiger partial charge in [0.2, 0.25) is 5.91 Å². The lowest BCUT2D eigenvalue weighted by molar-refractivity contribution is -0.116. The minimum Gasteiger partial charge on any atom is -0.486 e. The van der Waals surface area contributed by atoms with E-state index in [1.165, 1.54) is 8.61 Å². The summed E-state index contributed by atoms with van der Waals surface area (Å²) in [5.41, 5.74) is 1.36. The Kier molecular flexibility index (Phi) is 5.64. The van der Waals surface area contributed by atoms with Gasteiger partial charge in [0.15, 0.2) is 11.5 Å². The molecule has 0 bridgehead atoms. The highest BCUT2D eigenvalue weighted by atomic mass is 35.5. The standard InChI is InChI=1S/C19H20ClN3O5S/c20-15-3-1-14(2-4-15)12-22-7-8-23(29(22,25)26)13-19(24)21-16-5-6-17-18(11-16)28-10-9-27-17/h1-6,11H,7-10,12-13H2,(H,21,24). The topological polar surface area (TPSA) is 88.2 Å². The lowest BCUT2D eigenvalue weighted by Gasteiger charge is -2.20. The number of fused-ring (bicyclic) bond motifs is 1. The molecule has 2 aliphatic heterocycles. The number of halogens is 1. The van der Waals surface area contributed by atoms with Crippen molar-refractivity contribution in [3.63, 3.8) is 0 Å². The molecule has 0 saturated carbocycles. The molecule has 2 aliphatic rings. The third kappa shape index (κ3) is 4.48. The fraction of sp³-hybridized carbons (Fsp3) is 0.316. The van der Waals surface area contributed by atoms with Crippen LogP contribution in [0.5, 0.6) is 11.5 Å². The summed E-state index contributed by atoms with van der Waals surface area (Å²) < 4.78 is 39.0. The van der Waals surface area contributed by atoms with Gasteiger partial charge in [-0.3, -0.25) is 4.79 Å². The van der Waals surface area contributed by atoms with Crippen LogP contribution in [0.3, 0.4) is 0 Å². The average molecular weight is 438 g/mol. The van der Waals surface area contributed by atoms with E-state index in [4.69, 9.17) is 21.1 Å². The number of carbonyl (C=O) groups is 1. The first-order valence-electron chi connectivity index (χ1n) is 9.11. The van der Waals surface area contributed by atoms with Crippen molar-refractivity contribution in [1.82, 2.24) is 8.61 Å². The van der Waals surface area contributed by atoms with E-state index in [1.807, 2.05) is 0 Å². The molecule has 2 aromatic rings. The Morgan fingerprint density at radius 2 is 1.69 bits per heavy atom. The summed E-state index contributed by atoms with van der Waals surface area (Å²) >= 11 is 5.87. The number of hydrogen-bond donors (Lipinski definition) is 1. The molecule has 154 valence electrons. The second-order valence-corrected chi connectivity index (χ2v) is 9.07. The molecule has 1 amide bonds. The van der Waals surface area contributed by atoms with E-state index in [-0.39, 0.29) is 19.6 Å². The molecule has 2 heterocycles. The quantitative estimate of drug-likeness (QED) is 0.774. The maximum Gasteiger partial charge on any atom is 0.282 e. The summed E-state index contributed by atoms with van der Waals surface area (Å²) in [6.45, 7) is 1.48. The molecule has 0 atom stereocenters. The Bertz CT molecular complexity index is 1010.